The molecular weight excluding hydrogens is 284 g/mol. The second-order valence-corrected chi connectivity index (χ2v) is 5.69. The van der Waals surface area contributed by atoms with Crippen LogP contribution in [0.3, 0.4) is 0 Å². The highest BCUT2D eigenvalue weighted by Crippen LogP contribution is 2.22. The van der Waals surface area contributed by atoms with E-state index in [1.165, 1.54) is 19.3 Å². The third-order valence-corrected chi connectivity index (χ3v) is 3.80. The molecular formula is C21H24O2. The summed E-state index contributed by atoms with van der Waals surface area (Å²) >= 11 is 0. The Morgan fingerprint density at radius 1 is 1.09 bits per heavy atom. The lowest BCUT2D eigenvalue weighted by atomic mass is 9.96. The number of hydrogen-bond donors (Lipinski definition) is 0. The summed E-state index contributed by atoms with van der Waals surface area (Å²) in [5.74, 6) is 7.18. The molecule has 2 heteroatoms. The maximum atomic E-state index is 12.4. The van der Waals surface area contributed by atoms with Crippen LogP contribution >= 0.6 is 0 Å². The molecule has 1 aromatic heterocycles. The fraction of sp³-hybridized carbons (Fsp3) is 0.381. The molecule has 0 radical (unpaired) electrons. The first kappa shape index (κ1) is 17.1. The lowest BCUT2D eigenvalue weighted by Gasteiger charge is -2.07. The first-order chi connectivity index (χ1) is 11.3. The van der Waals surface area contributed by atoms with E-state index < -0.39 is 0 Å². The minimum atomic E-state index is -0.163. The van der Waals surface area contributed by atoms with Crippen molar-refractivity contribution >= 4 is 5.78 Å². The van der Waals surface area contributed by atoms with E-state index in [0.29, 0.717) is 6.42 Å². The van der Waals surface area contributed by atoms with Crippen LogP contribution in [-0.4, -0.2) is 5.78 Å². The number of benzene rings is 1. The number of rotatable bonds is 8. The lowest BCUT2D eigenvalue weighted by molar-refractivity contribution is 0.0977. The minimum absolute atomic E-state index is 0.104. The first-order valence-corrected chi connectivity index (χ1v) is 8.41. The van der Waals surface area contributed by atoms with Crippen LogP contribution in [-0.2, 0) is 0 Å². The van der Waals surface area contributed by atoms with Crippen LogP contribution < -0.4 is 0 Å². The molecule has 120 valence electrons. The normalized spacial score (nSPS) is 11.5. The molecule has 2 rings (SSSR count). The number of Topliss-reactive ketones (excluding diaryl/α,β-unsaturated/α-hetero) is 1. The highest BCUT2D eigenvalue weighted by Gasteiger charge is 2.17. The Balaban J connectivity index is 1.98. The lowest BCUT2D eigenvalue weighted by Crippen LogP contribution is -2.05. The predicted octanol–water partition coefficient (Wildman–Crippen LogP) is 5.61. The molecule has 2 nitrogen and oxygen atoms in total. The van der Waals surface area contributed by atoms with E-state index in [1.807, 2.05) is 42.5 Å². The predicted molar refractivity (Wildman–Crippen MR) is 93.4 cm³/mol. The Labute approximate surface area is 138 Å². The van der Waals surface area contributed by atoms with Crippen LogP contribution in [0.25, 0.3) is 0 Å². The van der Waals surface area contributed by atoms with Crippen molar-refractivity contribution in [1.29, 1.82) is 0 Å². The Hall–Kier alpha value is -2.27. The molecule has 0 aliphatic carbocycles. The van der Waals surface area contributed by atoms with Gasteiger partial charge in [-0.3, -0.25) is 4.79 Å². The van der Waals surface area contributed by atoms with E-state index in [2.05, 4.69) is 18.8 Å². The molecule has 0 saturated heterocycles. The van der Waals surface area contributed by atoms with Gasteiger partial charge in [0.25, 0.3) is 0 Å². The van der Waals surface area contributed by atoms with Crippen LogP contribution in [0.5, 0.6) is 0 Å². The van der Waals surface area contributed by atoms with E-state index in [1.54, 1.807) is 6.26 Å². The average Bonchev–Trinajstić information content (AvgIpc) is 3.12. The molecule has 23 heavy (non-hydrogen) atoms. The second kappa shape index (κ2) is 9.69. The number of furan rings is 1. The zero-order valence-electron chi connectivity index (χ0n) is 13.8. The van der Waals surface area contributed by atoms with Crippen molar-refractivity contribution in [2.75, 3.05) is 0 Å². The van der Waals surface area contributed by atoms with Crippen molar-refractivity contribution in [1.82, 2.24) is 0 Å². The Kier molecular flexibility index (Phi) is 7.20. The van der Waals surface area contributed by atoms with Crippen molar-refractivity contribution in [3.8, 4) is 11.8 Å². The standard InChI is InChI=1S/C21H24O2/c1-2-3-4-5-6-8-14-19(21-15-11-16-23-21)17-20(22)18-12-9-7-10-13-18/h7,9-13,15-16,19H,2-6,17H2,1H3/t19-/m1/s1. The topological polar surface area (TPSA) is 30.2 Å². The van der Waals surface area contributed by atoms with Gasteiger partial charge in [0, 0.05) is 18.4 Å². The van der Waals surface area contributed by atoms with Gasteiger partial charge in [0.05, 0.1) is 12.2 Å². The molecule has 0 N–H and O–H groups in total. The summed E-state index contributed by atoms with van der Waals surface area (Å²) in [5, 5.41) is 0. The minimum Gasteiger partial charge on any atom is -0.468 e. The number of hydrogen-bond acceptors (Lipinski definition) is 2. The largest absolute Gasteiger partial charge is 0.468 e. The maximum absolute atomic E-state index is 12.4. The molecule has 0 bridgehead atoms. The summed E-state index contributed by atoms with van der Waals surface area (Å²) in [5.41, 5.74) is 0.730. The van der Waals surface area contributed by atoms with Gasteiger partial charge >= 0.3 is 0 Å². The number of ketones is 1. The molecule has 1 aromatic carbocycles. The van der Waals surface area contributed by atoms with Crippen LogP contribution in [0.1, 0.15) is 67.5 Å². The van der Waals surface area contributed by atoms with Crippen molar-refractivity contribution in [3.05, 3.63) is 60.1 Å². The van der Waals surface area contributed by atoms with E-state index >= 15 is 0 Å². The first-order valence-electron chi connectivity index (χ1n) is 8.41. The Morgan fingerprint density at radius 3 is 2.61 bits per heavy atom. The van der Waals surface area contributed by atoms with E-state index in [4.69, 9.17) is 4.42 Å². The van der Waals surface area contributed by atoms with Crippen molar-refractivity contribution < 1.29 is 9.21 Å². The number of carbonyl (C=O) groups is 1. The summed E-state index contributed by atoms with van der Waals surface area (Å²) in [6.07, 6.45) is 7.72. The molecule has 0 unspecified atom stereocenters. The Bertz CT molecular complexity index is 629. The van der Waals surface area contributed by atoms with Crippen LogP contribution in [0.2, 0.25) is 0 Å². The molecule has 1 heterocycles. The third kappa shape index (κ3) is 5.79. The summed E-state index contributed by atoms with van der Waals surface area (Å²) in [4.78, 5) is 12.4. The SMILES string of the molecule is CCCCCCC#C[C@H](CC(=O)c1ccccc1)c1ccco1. The molecule has 0 amide bonds. The maximum Gasteiger partial charge on any atom is 0.164 e. The van der Waals surface area contributed by atoms with Gasteiger partial charge in [-0.05, 0) is 18.6 Å². The summed E-state index contributed by atoms with van der Waals surface area (Å²) in [6.45, 7) is 2.20. The zero-order chi connectivity index (χ0) is 16.3. The molecule has 0 aliphatic rings. The molecule has 0 aliphatic heterocycles. The molecule has 2 aromatic rings. The number of carbonyl (C=O) groups excluding carboxylic acids is 1. The average molecular weight is 308 g/mol. The van der Waals surface area contributed by atoms with E-state index in [9.17, 15) is 4.79 Å². The summed E-state index contributed by atoms with van der Waals surface area (Å²) in [6, 6.07) is 13.1. The van der Waals surface area contributed by atoms with Crippen LogP contribution in [0.15, 0.2) is 53.1 Å². The quantitative estimate of drug-likeness (QED) is 0.360. The summed E-state index contributed by atoms with van der Waals surface area (Å²) in [7, 11) is 0. The van der Waals surface area contributed by atoms with Gasteiger partial charge in [0.1, 0.15) is 5.76 Å². The van der Waals surface area contributed by atoms with E-state index in [-0.39, 0.29) is 11.7 Å². The molecule has 0 saturated carbocycles. The van der Waals surface area contributed by atoms with Crippen LogP contribution in [0.4, 0.5) is 0 Å². The molecule has 0 spiro atoms. The van der Waals surface area contributed by atoms with Crippen molar-refractivity contribution in [2.45, 2.75) is 51.4 Å². The Morgan fingerprint density at radius 2 is 1.91 bits per heavy atom. The monoisotopic (exact) mass is 308 g/mol. The van der Waals surface area contributed by atoms with Crippen molar-refractivity contribution in [2.24, 2.45) is 0 Å². The van der Waals surface area contributed by atoms with Crippen LogP contribution in [0, 0.1) is 11.8 Å². The van der Waals surface area contributed by atoms with Gasteiger partial charge in [-0.25, -0.2) is 0 Å². The van der Waals surface area contributed by atoms with Gasteiger partial charge in [0.15, 0.2) is 5.78 Å². The number of unbranched alkanes of at least 4 members (excludes halogenated alkanes) is 4. The van der Waals surface area contributed by atoms with Gasteiger partial charge in [0.2, 0.25) is 0 Å². The van der Waals surface area contributed by atoms with Gasteiger partial charge in [-0.1, -0.05) is 62.4 Å². The highest BCUT2D eigenvalue weighted by molar-refractivity contribution is 5.96. The molecule has 0 fully saturated rings. The van der Waals surface area contributed by atoms with Crippen molar-refractivity contribution in [3.63, 3.8) is 0 Å². The third-order valence-electron chi connectivity index (χ3n) is 3.80. The summed E-state index contributed by atoms with van der Waals surface area (Å²) < 4.78 is 5.47. The van der Waals surface area contributed by atoms with E-state index in [0.717, 1.165) is 24.2 Å². The highest BCUT2D eigenvalue weighted by atomic mass is 16.3. The molecule has 1 atom stereocenters. The van der Waals surface area contributed by atoms with Gasteiger partial charge < -0.3 is 4.42 Å². The fourth-order valence-electron chi connectivity index (χ4n) is 2.48. The van der Waals surface area contributed by atoms with Gasteiger partial charge in [-0.2, -0.15) is 0 Å². The van der Waals surface area contributed by atoms with Gasteiger partial charge in [-0.15, -0.1) is 5.92 Å². The smallest absolute Gasteiger partial charge is 0.164 e. The zero-order valence-corrected chi connectivity index (χ0v) is 13.8. The second-order valence-electron chi connectivity index (χ2n) is 5.69. The fourth-order valence-corrected chi connectivity index (χ4v) is 2.48.